The lowest BCUT2D eigenvalue weighted by molar-refractivity contribution is -0.121. The number of hydrogen-bond acceptors (Lipinski definition) is 4. The molecule has 1 amide bonds. The highest BCUT2D eigenvalue weighted by atomic mass is 19.3. The molecule has 1 aromatic rings. The van der Waals surface area contributed by atoms with E-state index in [1.54, 1.807) is 0 Å². The quantitative estimate of drug-likeness (QED) is 0.759. The number of carbonyl (C=O) groups is 2. The smallest absolute Gasteiger partial charge is 0.358 e. The molecule has 0 aliphatic rings. The van der Waals surface area contributed by atoms with Crippen LogP contribution in [0.3, 0.4) is 0 Å². The lowest BCUT2D eigenvalue weighted by Gasteiger charge is -2.10. The van der Waals surface area contributed by atoms with Crippen molar-refractivity contribution in [2.45, 2.75) is 19.4 Å². The van der Waals surface area contributed by atoms with Crippen LogP contribution in [0, 0.1) is 0 Å². The molecular formula is C7H8F2N4O3. The number of halogens is 2. The van der Waals surface area contributed by atoms with E-state index in [9.17, 15) is 18.4 Å². The zero-order chi connectivity index (χ0) is 12.5. The highest BCUT2D eigenvalue weighted by molar-refractivity contribution is 5.87. The Balaban J connectivity index is 3.31. The Kier molecular flexibility index (Phi) is 3.16. The van der Waals surface area contributed by atoms with Gasteiger partial charge in [0.2, 0.25) is 5.91 Å². The molecule has 0 saturated heterocycles. The van der Waals surface area contributed by atoms with Crippen molar-refractivity contribution in [2.24, 2.45) is 5.73 Å². The van der Waals surface area contributed by atoms with E-state index >= 15 is 0 Å². The third-order valence-electron chi connectivity index (χ3n) is 1.92. The molecule has 1 rings (SSSR count). The molecule has 0 aromatic carbocycles. The molecule has 7 nitrogen and oxygen atoms in total. The zero-order valence-electron chi connectivity index (χ0n) is 8.09. The van der Waals surface area contributed by atoms with Gasteiger partial charge in [0.15, 0.2) is 5.69 Å². The summed E-state index contributed by atoms with van der Waals surface area (Å²) in [6, 6.07) is -1.19. The second-order valence-electron chi connectivity index (χ2n) is 2.95. The van der Waals surface area contributed by atoms with Gasteiger partial charge in [0.25, 0.3) is 6.43 Å². The molecule has 3 N–H and O–H groups in total. The van der Waals surface area contributed by atoms with Crippen LogP contribution in [0.25, 0.3) is 0 Å². The Morgan fingerprint density at radius 2 is 2.06 bits per heavy atom. The van der Waals surface area contributed by atoms with E-state index in [1.807, 2.05) is 0 Å². The van der Waals surface area contributed by atoms with Crippen LogP contribution >= 0.6 is 0 Å². The SMILES string of the molecule is CC(C(N)=O)n1nnc(C(=O)O)c1C(F)F. The summed E-state index contributed by atoms with van der Waals surface area (Å²) in [5.41, 5.74) is 3.08. The normalized spacial score (nSPS) is 12.8. The molecule has 0 spiro atoms. The molecule has 0 fully saturated rings. The molecule has 1 unspecified atom stereocenters. The number of aromatic carboxylic acids is 1. The number of carboxylic acids is 1. The largest absolute Gasteiger partial charge is 0.476 e. The fourth-order valence-electron chi connectivity index (χ4n) is 1.06. The third kappa shape index (κ3) is 1.97. The molecule has 1 atom stereocenters. The summed E-state index contributed by atoms with van der Waals surface area (Å²) in [6.07, 6.45) is -3.11. The number of alkyl halides is 2. The van der Waals surface area contributed by atoms with Crippen molar-refractivity contribution in [1.29, 1.82) is 0 Å². The van der Waals surface area contributed by atoms with Gasteiger partial charge < -0.3 is 10.8 Å². The molecule has 0 aliphatic carbocycles. The Morgan fingerprint density at radius 1 is 1.50 bits per heavy atom. The van der Waals surface area contributed by atoms with Crippen molar-refractivity contribution in [3.8, 4) is 0 Å². The van der Waals surface area contributed by atoms with Gasteiger partial charge in [-0.15, -0.1) is 5.10 Å². The summed E-state index contributed by atoms with van der Waals surface area (Å²) in [5.74, 6) is -2.55. The lowest BCUT2D eigenvalue weighted by Crippen LogP contribution is -2.26. The molecule has 0 aliphatic heterocycles. The number of nitrogens with zero attached hydrogens (tertiary/aromatic N) is 3. The maximum Gasteiger partial charge on any atom is 0.358 e. The number of nitrogens with two attached hydrogens (primary N) is 1. The average molecular weight is 234 g/mol. The molecule has 1 heterocycles. The lowest BCUT2D eigenvalue weighted by atomic mass is 10.2. The van der Waals surface area contributed by atoms with Crippen LogP contribution < -0.4 is 5.73 Å². The van der Waals surface area contributed by atoms with Crippen molar-refractivity contribution in [3.05, 3.63) is 11.4 Å². The maximum atomic E-state index is 12.6. The molecule has 1 aromatic heterocycles. The highest BCUT2D eigenvalue weighted by Crippen LogP contribution is 2.23. The van der Waals surface area contributed by atoms with E-state index in [0.29, 0.717) is 4.68 Å². The van der Waals surface area contributed by atoms with Crippen LogP contribution in [-0.4, -0.2) is 32.0 Å². The molecule has 16 heavy (non-hydrogen) atoms. The number of carbonyl (C=O) groups excluding carboxylic acids is 1. The third-order valence-corrected chi connectivity index (χ3v) is 1.92. The molecule has 9 heteroatoms. The van der Waals surface area contributed by atoms with Gasteiger partial charge in [-0.1, -0.05) is 5.21 Å². The first-order valence-electron chi connectivity index (χ1n) is 4.12. The monoisotopic (exact) mass is 234 g/mol. The topological polar surface area (TPSA) is 111 Å². The minimum atomic E-state index is -3.11. The van der Waals surface area contributed by atoms with Gasteiger partial charge in [-0.05, 0) is 6.92 Å². The van der Waals surface area contributed by atoms with Crippen molar-refractivity contribution in [1.82, 2.24) is 15.0 Å². The molecule has 0 saturated carbocycles. The van der Waals surface area contributed by atoms with E-state index in [0.717, 1.165) is 0 Å². The molecule has 0 bridgehead atoms. The first-order chi connectivity index (χ1) is 7.36. The van der Waals surface area contributed by atoms with Crippen LogP contribution in [0.5, 0.6) is 0 Å². The molecule has 88 valence electrons. The minimum Gasteiger partial charge on any atom is -0.476 e. The van der Waals surface area contributed by atoms with E-state index in [1.165, 1.54) is 6.92 Å². The Labute approximate surface area is 87.8 Å². The maximum absolute atomic E-state index is 12.6. The van der Waals surface area contributed by atoms with E-state index in [4.69, 9.17) is 10.8 Å². The number of rotatable bonds is 4. The van der Waals surface area contributed by atoms with Crippen LogP contribution in [-0.2, 0) is 4.79 Å². The molecular weight excluding hydrogens is 226 g/mol. The number of primary amides is 1. The van der Waals surface area contributed by atoms with Crippen LogP contribution in [0.15, 0.2) is 0 Å². The Hall–Kier alpha value is -2.06. The second-order valence-corrected chi connectivity index (χ2v) is 2.95. The van der Waals surface area contributed by atoms with Crippen molar-refractivity contribution in [3.63, 3.8) is 0 Å². The van der Waals surface area contributed by atoms with Gasteiger partial charge in [0.05, 0.1) is 0 Å². The summed E-state index contributed by atoms with van der Waals surface area (Å²) in [7, 11) is 0. The van der Waals surface area contributed by atoms with Gasteiger partial charge in [-0.25, -0.2) is 18.3 Å². The first kappa shape index (κ1) is 12.0. The fourth-order valence-corrected chi connectivity index (χ4v) is 1.06. The van der Waals surface area contributed by atoms with Gasteiger partial charge in [0, 0.05) is 0 Å². The fraction of sp³-hybridized carbons (Fsp3) is 0.429. The van der Waals surface area contributed by atoms with Gasteiger partial charge >= 0.3 is 5.97 Å². The van der Waals surface area contributed by atoms with Gasteiger partial charge in [-0.2, -0.15) is 0 Å². The molecule has 0 radical (unpaired) electrons. The van der Waals surface area contributed by atoms with Crippen LogP contribution in [0.4, 0.5) is 8.78 Å². The highest BCUT2D eigenvalue weighted by Gasteiger charge is 2.29. The van der Waals surface area contributed by atoms with Gasteiger partial charge in [0.1, 0.15) is 11.7 Å². The van der Waals surface area contributed by atoms with Crippen molar-refractivity contribution >= 4 is 11.9 Å². The standard InChI is InChI=1S/C7H8F2N4O3/c1-2(6(10)14)13-4(5(8)9)3(7(15)16)11-12-13/h2,5H,1H3,(H2,10,14)(H,15,16). The van der Waals surface area contributed by atoms with E-state index < -0.39 is 35.7 Å². The zero-order valence-corrected chi connectivity index (χ0v) is 8.09. The van der Waals surface area contributed by atoms with E-state index in [2.05, 4.69) is 10.3 Å². The summed E-state index contributed by atoms with van der Waals surface area (Å²) in [4.78, 5) is 21.4. The van der Waals surface area contributed by atoms with Crippen molar-refractivity contribution < 1.29 is 23.5 Å². The number of amides is 1. The summed E-state index contributed by atoms with van der Waals surface area (Å²) in [6.45, 7) is 1.22. The predicted molar refractivity (Wildman–Crippen MR) is 45.8 cm³/mol. The van der Waals surface area contributed by atoms with Crippen molar-refractivity contribution in [2.75, 3.05) is 0 Å². The van der Waals surface area contributed by atoms with Crippen LogP contribution in [0.2, 0.25) is 0 Å². The number of hydrogen-bond donors (Lipinski definition) is 2. The average Bonchev–Trinajstić information content (AvgIpc) is 2.60. The Bertz CT molecular complexity index is 431. The predicted octanol–water partition coefficient (Wildman–Crippen LogP) is -0.0398. The first-order valence-corrected chi connectivity index (χ1v) is 4.12. The van der Waals surface area contributed by atoms with Crippen LogP contribution in [0.1, 0.15) is 35.6 Å². The number of aromatic nitrogens is 3. The van der Waals surface area contributed by atoms with E-state index in [-0.39, 0.29) is 0 Å². The minimum absolute atomic E-state index is 0.510. The number of carboxylic acid groups (broad SMARTS) is 1. The Morgan fingerprint density at radius 3 is 2.44 bits per heavy atom. The second kappa shape index (κ2) is 4.21. The van der Waals surface area contributed by atoms with Gasteiger partial charge in [-0.3, -0.25) is 4.79 Å². The summed E-state index contributed by atoms with van der Waals surface area (Å²) >= 11 is 0. The summed E-state index contributed by atoms with van der Waals surface area (Å²) in [5, 5.41) is 14.8. The summed E-state index contributed by atoms with van der Waals surface area (Å²) < 4.78 is 25.7.